The molecule has 0 atom stereocenters. The Hall–Kier alpha value is -2.90. The van der Waals surface area contributed by atoms with E-state index in [1.54, 1.807) is 31.2 Å². The van der Waals surface area contributed by atoms with E-state index in [1.807, 2.05) is 0 Å². The number of benzene rings is 1. The number of carbonyl (C=O) groups is 4. The van der Waals surface area contributed by atoms with Gasteiger partial charge in [0.2, 0.25) is 11.8 Å². The first-order valence-corrected chi connectivity index (χ1v) is 9.11. The van der Waals surface area contributed by atoms with Crippen LogP contribution >= 0.6 is 0 Å². The van der Waals surface area contributed by atoms with Gasteiger partial charge in [-0.2, -0.15) is 0 Å². The van der Waals surface area contributed by atoms with Crippen LogP contribution in [0.5, 0.6) is 0 Å². The summed E-state index contributed by atoms with van der Waals surface area (Å²) < 4.78 is 4.74. The van der Waals surface area contributed by atoms with Gasteiger partial charge < -0.3 is 20.7 Å². The second-order valence-corrected chi connectivity index (χ2v) is 6.25. The summed E-state index contributed by atoms with van der Waals surface area (Å²) in [5.41, 5.74) is 1.13. The highest BCUT2D eigenvalue weighted by Crippen LogP contribution is 2.30. The average molecular weight is 375 g/mol. The first-order valence-electron chi connectivity index (χ1n) is 9.11. The number of hydrogen-bond donors (Lipinski definition) is 3. The van der Waals surface area contributed by atoms with Gasteiger partial charge in [-0.15, -0.1) is 0 Å². The van der Waals surface area contributed by atoms with Gasteiger partial charge in [-0.3, -0.25) is 19.2 Å². The van der Waals surface area contributed by atoms with Gasteiger partial charge in [-0.05, 0) is 44.0 Å². The van der Waals surface area contributed by atoms with E-state index in [0.29, 0.717) is 17.9 Å². The zero-order chi connectivity index (χ0) is 19.6. The van der Waals surface area contributed by atoms with Crippen molar-refractivity contribution in [2.24, 2.45) is 5.92 Å². The fourth-order valence-corrected chi connectivity index (χ4v) is 2.31. The largest absolute Gasteiger partial charge is 0.466 e. The van der Waals surface area contributed by atoms with Crippen molar-refractivity contribution in [2.45, 2.75) is 32.6 Å². The van der Waals surface area contributed by atoms with Crippen molar-refractivity contribution in [1.29, 1.82) is 0 Å². The lowest BCUT2D eigenvalue weighted by molar-refractivity contribution is -0.144. The molecule has 146 valence electrons. The topological polar surface area (TPSA) is 114 Å². The monoisotopic (exact) mass is 375 g/mol. The smallest absolute Gasteiger partial charge is 0.306 e. The highest BCUT2D eigenvalue weighted by molar-refractivity contribution is 5.96. The molecule has 1 saturated carbocycles. The van der Waals surface area contributed by atoms with Gasteiger partial charge in [0.25, 0.3) is 5.91 Å². The lowest BCUT2D eigenvalue weighted by Gasteiger charge is -2.08. The zero-order valence-corrected chi connectivity index (χ0v) is 15.4. The molecule has 0 bridgehead atoms. The Morgan fingerprint density at radius 3 is 2.30 bits per heavy atom. The van der Waals surface area contributed by atoms with E-state index in [-0.39, 0.29) is 49.6 Å². The Morgan fingerprint density at radius 2 is 1.67 bits per heavy atom. The van der Waals surface area contributed by atoms with Crippen LogP contribution in [0.15, 0.2) is 24.3 Å². The number of rotatable bonds is 10. The summed E-state index contributed by atoms with van der Waals surface area (Å²) in [6.45, 7) is 2.53. The predicted octanol–water partition coefficient (Wildman–Crippen LogP) is 1.22. The molecule has 1 fully saturated rings. The molecule has 0 aliphatic heterocycles. The summed E-state index contributed by atoms with van der Waals surface area (Å²) in [5, 5.41) is 8.13. The quantitative estimate of drug-likeness (QED) is 0.420. The Bertz CT molecular complexity index is 683. The first-order chi connectivity index (χ1) is 13.0. The van der Waals surface area contributed by atoms with Crippen LogP contribution in [0.25, 0.3) is 0 Å². The van der Waals surface area contributed by atoms with Crippen molar-refractivity contribution in [2.75, 3.05) is 25.0 Å². The number of ether oxygens (including phenoxy) is 1. The molecule has 0 unspecified atom stereocenters. The van der Waals surface area contributed by atoms with Crippen LogP contribution < -0.4 is 16.0 Å². The minimum absolute atomic E-state index is 0.0194. The molecule has 8 nitrogen and oxygen atoms in total. The van der Waals surface area contributed by atoms with Crippen LogP contribution in [0.1, 0.15) is 43.0 Å². The average Bonchev–Trinajstić information content (AvgIpc) is 3.49. The third-order valence-corrected chi connectivity index (χ3v) is 3.96. The van der Waals surface area contributed by atoms with Crippen LogP contribution in [-0.4, -0.2) is 43.4 Å². The highest BCUT2D eigenvalue weighted by Gasteiger charge is 2.29. The highest BCUT2D eigenvalue weighted by atomic mass is 16.5. The maximum absolute atomic E-state index is 12.1. The van der Waals surface area contributed by atoms with Crippen molar-refractivity contribution in [1.82, 2.24) is 10.6 Å². The van der Waals surface area contributed by atoms with Gasteiger partial charge in [0.05, 0.1) is 13.0 Å². The van der Waals surface area contributed by atoms with Crippen molar-refractivity contribution in [3.8, 4) is 0 Å². The molecular formula is C19H25N3O5. The second kappa shape index (κ2) is 10.3. The predicted molar refractivity (Wildman–Crippen MR) is 99.0 cm³/mol. The molecule has 0 heterocycles. The zero-order valence-electron chi connectivity index (χ0n) is 15.4. The number of nitrogens with one attached hydrogen (secondary N) is 3. The number of hydrogen-bond acceptors (Lipinski definition) is 5. The van der Waals surface area contributed by atoms with Crippen molar-refractivity contribution < 1.29 is 23.9 Å². The van der Waals surface area contributed by atoms with Gasteiger partial charge in [0, 0.05) is 36.7 Å². The van der Waals surface area contributed by atoms with Crippen LogP contribution in [0.3, 0.4) is 0 Å². The van der Waals surface area contributed by atoms with Crippen molar-refractivity contribution in [3.63, 3.8) is 0 Å². The van der Waals surface area contributed by atoms with E-state index in [4.69, 9.17) is 4.74 Å². The van der Waals surface area contributed by atoms with E-state index < -0.39 is 5.97 Å². The summed E-state index contributed by atoms with van der Waals surface area (Å²) in [4.78, 5) is 46.5. The van der Waals surface area contributed by atoms with E-state index in [9.17, 15) is 19.2 Å². The summed E-state index contributed by atoms with van der Waals surface area (Å²) in [6.07, 6.45) is 1.97. The molecule has 0 saturated heterocycles. The molecule has 8 heteroatoms. The second-order valence-electron chi connectivity index (χ2n) is 6.25. The molecule has 3 N–H and O–H groups in total. The Balaban J connectivity index is 1.62. The van der Waals surface area contributed by atoms with Crippen molar-refractivity contribution >= 4 is 29.4 Å². The number of amides is 3. The van der Waals surface area contributed by atoms with E-state index in [2.05, 4.69) is 16.0 Å². The van der Waals surface area contributed by atoms with Crippen LogP contribution in [0.2, 0.25) is 0 Å². The fourth-order valence-electron chi connectivity index (χ4n) is 2.31. The Morgan fingerprint density at radius 1 is 1.00 bits per heavy atom. The van der Waals surface area contributed by atoms with E-state index in [1.165, 1.54) is 0 Å². The molecule has 1 aromatic carbocycles. The van der Waals surface area contributed by atoms with Gasteiger partial charge in [-0.25, -0.2) is 0 Å². The first kappa shape index (κ1) is 20.4. The number of anilines is 1. The van der Waals surface area contributed by atoms with Gasteiger partial charge in [-0.1, -0.05) is 0 Å². The van der Waals surface area contributed by atoms with Crippen LogP contribution in [-0.2, 0) is 19.1 Å². The normalized spacial score (nSPS) is 12.8. The summed E-state index contributed by atoms with van der Waals surface area (Å²) in [7, 11) is 0. The lowest BCUT2D eigenvalue weighted by atomic mass is 10.2. The molecule has 0 radical (unpaired) electrons. The third kappa shape index (κ3) is 7.47. The molecule has 2 rings (SSSR count). The van der Waals surface area contributed by atoms with Crippen molar-refractivity contribution in [3.05, 3.63) is 29.8 Å². The fraction of sp³-hybridized carbons (Fsp3) is 0.474. The molecule has 3 amide bonds. The van der Waals surface area contributed by atoms with Gasteiger partial charge >= 0.3 is 5.97 Å². The number of carbonyl (C=O) groups excluding carboxylic acids is 4. The summed E-state index contributed by atoms with van der Waals surface area (Å²) in [6, 6.07) is 6.64. The molecule has 27 heavy (non-hydrogen) atoms. The molecule has 1 aliphatic carbocycles. The minimum atomic E-state index is -0.405. The standard InChI is InChI=1S/C19H25N3O5/c1-2-27-17(24)10-9-16(23)20-11-12-21-18(25)13-5-7-15(8-6-13)22-19(26)14-3-4-14/h5-8,14H,2-4,9-12H2,1H3,(H,20,23)(H,21,25)(H,22,26). The van der Waals surface area contributed by atoms with Gasteiger partial charge in [0.1, 0.15) is 0 Å². The molecular weight excluding hydrogens is 350 g/mol. The van der Waals surface area contributed by atoms with Gasteiger partial charge in [0.15, 0.2) is 0 Å². The van der Waals surface area contributed by atoms with Crippen LogP contribution in [0, 0.1) is 5.92 Å². The lowest BCUT2D eigenvalue weighted by Crippen LogP contribution is -2.34. The van der Waals surface area contributed by atoms with Crippen LogP contribution in [0.4, 0.5) is 5.69 Å². The SMILES string of the molecule is CCOC(=O)CCC(=O)NCCNC(=O)c1ccc(NC(=O)C2CC2)cc1. The van der Waals surface area contributed by atoms with E-state index >= 15 is 0 Å². The van der Waals surface area contributed by atoms with E-state index in [0.717, 1.165) is 12.8 Å². The molecule has 1 aromatic rings. The maximum atomic E-state index is 12.1. The minimum Gasteiger partial charge on any atom is -0.466 e. The Labute approximate surface area is 158 Å². The summed E-state index contributed by atoms with van der Waals surface area (Å²) in [5.74, 6) is -0.798. The maximum Gasteiger partial charge on any atom is 0.306 e. The molecule has 0 aromatic heterocycles. The molecule has 0 spiro atoms. The summed E-state index contributed by atoms with van der Waals surface area (Å²) >= 11 is 0. The number of esters is 1. The third-order valence-electron chi connectivity index (χ3n) is 3.96. The molecule has 1 aliphatic rings. The Kier molecular flexibility index (Phi) is 7.79.